The molecule has 7 heteroatoms. The largest absolute Gasteiger partial charge is 0.393 e. The van der Waals surface area contributed by atoms with Crippen LogP contribution in [0, 0.1) is 6.92 Å². The lowest BCUT2D eigenvalue weighted by Gasteiger charge is -2.27. The number of aromatic nitrogens is 1. The first kappa shape index (κ1) is 19.2. The van der Waals surface area contributed by atoms with Crippen molar-refractivity contribution in [2.75, 3.05) is 18.4 Å². The number of aliphatic hydroxyl groups excluding tert-OH is 1. The molecule has 0 aliphatic heterocycles. The predicted octanol–water partition coefficient (Wildman–Crippen LogP) is 1.58. The van der Waals surface area contributed by atoms with Gasteiger partial charge in [-0.25, -0.2) is 4.98 Å². The number of carbonyl (C=O) groups is 1. The van der Waals surface area contributed by atoms with Crippen LogP contribution in [0.15, 0.2) is 23.3 Å². The van der Waals surface area contributed by atoms with Crippen LogP contribution >= 0.6 is 0 Å². The number of pyridine rings is 1. The topological polar surface area (TPSA) is 98.6 Å². The molecule has 2 rings (SSSR count). The van der Waals surface area contributed by atoms with Gasteiger partial charge in [0.1, 0.15) is 5.82 Å². The first-order valence-electron chi connectivity index (χ1n) is 9.02. The maximum atomic E-state index is 12.0. The van der Waals surface area contributed by atoms with Gasteiger partial charge in [0.2, 0.25) is 5.91 Å². The van der Waals surface area contributed by atoms with Crippen molar-refractivity contribution in [1.29, 1.82) is 0 Å². The van der Waals surface area contributed by atoms with Crippen LogP contribution in [-0.4, -0.2) is 47.2 Å². The number of carbonyl (C=O) groups excluding carboxylic acids is 1. The van der Waals surface area contributed by atoms with Crippen molar-refractivity contribution < 1.29 is 9.90 Å². The maximum Gasteiger partial charge on any atom is 0.227 e. The van der Waals surface area contributed by atoms with Gasteiger partial charge in [0.05, 0.1) is 12.6 Å². The van der Waals surface area contributed by atoms with Crippen LogP contribution in [0.1, 0.15) is 44.6 Å². The van der Waals surface area contributed by atoms with Crippen molar-refractivity contribution in [3.63, 3.8) is 0 Å². The zero-order valence-corrected chi connectivity index (χ0v) is 15.1. The van der Waals surface area contributed by atoms with E-state index >= 15 is 0 Å². The monoisotopic (exact) mass is 347 g/mol. The summed E-state index contributed by atoms with van der Waals surface area (Å²) in [5.74, 6) is 1.19. The Hall–Kier alpha value is -2.15. The number of guanidine groups is 1. The Morgan fingerprint density at radius 3 is 2.72 bits per heavy atom. The fraction of sp³-hybridized carbons (Fsp3) is 0.611. The molecule has 0 bridgehead atoms. The van der Waals surface area contributed by atoms with Crippen molar-refractivity contribution in [1.82, 2.24) is 15.6 Å². The summed E-state index contributed by atoms with van der Waals surface area (Å²) >= 11 is 0. The summed E-state index contributed by atoms with van der Waals surface area (Å²) in [7, 11) is 0. The molecule has 0 aromatic carbocycles. The highest BCUT2D eigenvalue weighted by Gasteiger charge is 2.19. The van der Waals surface area contributed by atoms with E-state index in [4.69, 9.17) is 0 Å². The summed E-state index contributed by atoms with van der Waals surface area (Å²) < 4.78 is 0. The standard InChI is InChI=1S/C18H29N5O2/c1-3-19-18(22-14-5-7-15(24)8-6-14)20-11-10-17(25)23-16-9-4-13(2)12-21-16/h4,9,12,14-15,24H,3,5-8,10-11H2,1-2H3,(H2,19,20,22)(H,21,23,25). The highest BCUT2D eigenvalue weighted by atomic mass is 16.3. The number of aliphatic hydroxyl groups is 1. The molecule has 1 saturated carbocycles. The number of rotatable bonds is 6. The van der Waals surface area contributed by atoms with Crippen LogP contribution in [0.4, 0.5) is 5.82 Å². The van der Waals surface area contributed by atoms with Crippen LogP contribution < -0.4 is 16.0 Å². The Balaban J connectivity index is 1.77. The van der Waals surface area contributed by atoms with Crippen LogP contribution in [0.25, 0.3) is 0 Å². The molecule has 1 heterocycles. The molecule has 0 saturated heterocycles. The molecule has 1 aliphatic carbocycles. The molecular weight excluding hydrogens is 318 g/mol. The average Bonchev–Trinajstić information content (AvgIpc) is 2.59. The summed E-state index contributed by atoms with van der Waals surface area (Å²) in [5.41, 5.74) is 1.05. The van der Waals surface area contributed by atoms with Crippen LogP contribution in [0.3, 0.4) is 0 Å². The minimum atomic E-state index is -0.170. The molecule has 1 fully saturated rings. The number of amides is 1. The molecule has 1 amide bonds. The average molecular weight is 347 g/mol. The van der Waals surface area contributed by atoms with Gasteiger partial charge in [0.15, 0.2) is 5.96 Å². The normalized spacial score (nSPS) is 20.8. The van der Waals surface area contributed by atoms with E-state index < -0.39 is 0 Å². The van der Waals surface area contributed by atoms with Crippen molar-refractivity contribution in [2.24, 2.45) is 4.99 Å². The number of anilines is 1. The molecule has 7 nitrogen and oxygen atoms in total. The number of aryl methyl sites for hydroxylation is 1. The second kappa shape index (κ2) is 9.98. The second-order valence-corrected chi connectivity index (χ2v) is 6.43. The van der Waals surface area contributed by atoms with Crippen LogP contribution in [-0.2, 0) is 4.79 Å². The SMILES string of the molecule is CCNC(=NCCC(=O)Nc1ccc(C)cn1)NC1CCC(O)CC1. The van der Waals surface area contributed by atoms with Gasteiger partial charge < -0.3 is 21.1 Å². The van der Waals surface area contributed by atoms with E-state index in [1.165, 1.54) is 0 Å². The van der Waals surface area contributed by atoms with Gasteiger partial charge in [-0.15, -0.1) is 0 Å². The van der Waals surface area contributed by atoms with E-state index in [0.717, 1.165) is 43.8 Å². The highest BCUT2D eigenvalue weighted by molar-refractivity contribution is 5.90. The molecule has 1 aromatic rings. The predicted molar refractivity (Wildman–Crippen MR) is 99.6 cm³/mol. The van der Waals surface area contributed by atoms with Gasteiger partial charge >= 0.3 is 0 Å². The number of hydrogen-bond acceptors (Lipinski definition) is 4. The Kier molecular flexibility index (Phi) is 7.66. The highest BCUT2D eigenvalue weighted by Crippen LogP contribution is 2.18. The summed E-state index contributed by atoms with van der Waals surface area (Å²) in [4.78, 5) is 20.6. The Labute approximate surface area is 149 Å². The lowest BCUT2D eigenvalue weighted by atomic mass is 9.93. The third-order valence-corrected chi connectivity index (χ3v) is 4.17. The first-order chi connectivity index (χ1) is 12.1. The summed E-state index contributed by atoms with van der Waals surface area (Å²) in [6, 6.07) is 4.03. The summed E-state index contributed by atoms with van der Waals surface area (Å²) in [6.07, 6.45) is 5.37. The van der Waals surface area contributed by atoms with E-state index in [-0.39, 0.29) is 12.0 Å². The van der Waals surface area contributed by atoms with Crippen LogP contribution in [0.2, 0.25) is 0 Å². The number of nitrogens with zero attached hydrogens (tertiary/aromatic N) is 2. The lowest BCUT2D eigenvalue weighted by molar-refractivity contribution is -0.116. The number of hydrogen-bond donors (Lipinski definition) is 4. The van der Waals surface area contributed by atoms with E-state index in [2.05, 4.69) is 25.9 Å². The Morgan fingerprint density at radius 1 is 1.32 bits per heavy atom. The van der Waals surface area contributed by atoms with Crippen molar-refractivity contribution >= 4 is 17.7 Å². The Morgan fingerprint density at radius 2 is 2.08 bits per heavy atom. The Bertz CT molecular complexity index is 565. The number of aliphatic imine (C=N–C) groups is 1. The smallest absolute Gasteiger partial charge is 0.227 e. The molecule has 0 unspecified atom stereocenters. The molecular formula is C18H29N5O2. The minimum absolute atomic E-state index is 0.100. The van der Waals surface area contributed by atoms with Gasteiger partial charge in [0, 0.05) is 25.2 Å². The van der Waals surface area contributed by atoms with Gasteiger partial charge in [-0.2, -0.15) is 0 Å². The van der Waals surface area contributed by atoms with E-state index in [1.807, 2.05) is 19.9 Å². The minimum Gasteiger partial charge on any atom is -0.393 e. The van der Waals surface area contributed by atoms with Crippen LogP contribution in [0.5, 0.6) is 0 Å². The van der Waals surface area contributed by atoms with E-state index in [9.17, 15) is 9.90 Å². The summed E-state index contributed by atoms with van der Waals surface area (Å²) in [6.45, 7) is 5.14. The molecule has 0 radical (unpaired) electrons. The van der Waals surface area contributed by atoms with Gasteiger partial charge in [-0.3, -0.25) is 9.79 Å². The molecule has 1 aliphatic rings. The maximum absolute atomic E-state index is 12.0. The zero-order valence-electron chi connectivity index (χ0n) is 15.1. The van der Waals surface area contributed by atoms with E-state index in [1.54, 1.807) is 12.3 Å². The lowest BCUT2D eigenvalue weighted by Crippen LogP contribution is -2.45. The quantitative estimate of drug-likeness (QED) is 0.463. The number of nitrogens with one attached hydrogen (secondary N) is 3. The zero-order chi connectivity index (χ0) is 18.1. The van der Waals surface area contributed by atoms with Gasteiger partial charge in [0.25, 0.3) is 0 Å². The first-order valence-corrected chi connectivity index (χ1v) is 9.02. The second-order valence-electron chi connectivity index (χ2n) is 6.43. The van der Waals surface area contributed by atoms with Crippen molar-refractivity contribution in [2.45, 2.75) is 58.1 Å². The molecule has 25 heavy (non-hydrogen) atoms. The third kappa shape index (κ3) is 7.09. The van der Waals surface area contributed by atoms with Crippen molar-refractivity contribution in [3.8, 4) is 0 Å². The summed E-state index contributed by atoms with van der Waals surface area (Å²) in [5, 5.41) is 18.9. The van der Waals surface area contributed by atoms with Crippen molar-refractivity contribution in [3.05, 3.63) is 23.9 Å². The van der Waals surface area contributed by atoms with Gasteiger partial charge in [-0.1, -0.05) is 6.07 Å². The molecule has 1 aromatic heterocycles. The van der Waals surface area contributed by atoms with E-state index in [0.29, 0.717) is 24.8 Å². The molecule has 0 atom stereocenters. The fourth-order valence-electron chi connectivity index (χ4n) is 2.75. The molecule has 4 N–H and O–H groups in total. The fourth-order valence-corrected chi connectivity index (χ4v) is 2.75. The molecule has 0 spiro atoms. The third-order valence-electron chi connectivity index (χ3n) is 4.17. The van der Waals surface area contributed by atoms with Gasteiger partial charge in [-0.05, 0) is 51.2 Å². The molecule has 138 valence electrons.